The van der Waals surface area contributed by atoms with Gasteiger partial charge in [0.25, 0.3) is 0 Å². The van der Waals surface area contributed by atoms with E-state index in [-0.39, 0.29) is 5.69 Å². The Kier molecular flexibility index (Phi) is 3.68. The lowest BCUT2D eigenvalue weighted by Crippen LogP contribution is -2.47. The standard InChI is InChI=1S/C13H19N5/c1-9-4-3-5-10(2)18(9)17-13-7-6-11(15)12(8-14)16-13/h6-7,9-10H,3-5,15H2,1-2H3,(H,16,17). The molecule has 1 aromatic rings. The van der Waals surface area contributed by atoms with E-state index in [2.05, 4.69) is 29.3 Å². The van der Waals surface area contributed by atoms with Gasteiger partial charge in [-0.05, 0) is 38.8 Å². The Bertz CT molecular complexity index is 455. The molecule has 18 heavy (non-hydrogen) atoms. The lowest BCUT2D eigenvalue weighted by molar-refractivity contribution is 0.135. The molecular weight excluding hydrogens is 226 g/mol. The number of nitrogens with zero attached hydrogens (tertiary/aromatic N) is 3. The van der Waals surface area contributed by atoms with Crippen LogP contribution in [0.5, 0.6) is 0 Å². The van der Waals surface area contributed by atoms with Gasteiger partial charge in [0.1, 0.15) is 11.9 Å². The van der Waals surface area contributed by atoms with E-state index < -0.39 is 0 Å². The monoisotopic (exact) mass is 245 g/mol. The number of nitrogens with two attached hydrogens (primary N) is 1. The summed E-state index contributed by atoms with van der Waals surface area (Å²) in [6, 6.07) is 6.47. The third-order valence-electron chi connectivity index (χ3n) is 3.47. The Balaban J connectivity index is 2.15. The molecule has 2 heterocycles. The summed E-state index contributed by atoms with van der Waals surface area (Å²) in [4.78, 5) is 4.21. The number of anilines is 2. The molecular formula is C13H19N5. The third kappa shape index (κ3) is 2.54. The highest BCUT2D eigenvalue weighted by Gasteiger charge is 2.24. The van der Waals surface area contributed by atoms with Crippen LogP contribution in [0.25, 0.3) is 0 Å². The molecule has 3 N–H and O–H groups in total. The van der Waals surface area contributed by atoms with Crippen molar-refractivity contribution in [3.8, 4) is 6.07 Å². The quantitative estimate of drug-likeness (QED) is 0.834. The van der Waals surface area contributed by atoms with Gasteiger partial charge in [0.15, 0.2) is 5.69 Å². The van der Waals surface area contributed by atoms with E-state index in [1.54, 1.807) is 6.07 Å². The molecule has 1 aromatic heterocycles. The van der Waals surface area contributed by atoms with Crippen LogP contribution in [0, 0.1) is 11.3 Å². The average Bonchev–Trinajstić information content (AvgIpc) is 2.36. The van der Waals surface area contributed by atoms with Crippen molar-refractivity contribution in [2.45, 2.75) is 45.2 Å². The average molecular weight is 245 g/mol. The topological polar surface area (TPSA) is 78.0 Å². The molecule has 2 atom stereocenters. The van der Waals surface area contributed by atoms with Crippen LogP contribution in [0.4, 0.5) is 11.5 Å². The maximum Gasteiger partial charge on any atom is 0.165 e. The van der Waals surface area contributed by atoms with E-state index in [0.717, 1.165) is 0 Å². The smallest absolute Gasteiger partial charge is 0.165 e. The van der Waals surface area contributed by atoms with E-state index in [9.17, 15) is 0 Å². The summed E-state index contributed by atoms with van der Waals surface area (Å²) in [5.41, 5.74) is 9.65. The van der Waals surface area contributed by atoms with Gasteiger partial charge in [-0.15, -0.1) is 0 Å². The molecule has 1 fully saturated rings. The maximum atomic E-state index is 8.92. The molecule has 0 aromatic carbocycles. The highest BCUT2D eigenvalue weighted by molar-refractivity contribution is 5.54. The number of hydrazine groups is 1. The molecule has 2 rings (SSSR count). The lowest BCUT2D eigenvalue weighted by atomic mass is 10.00. The molecule has 0 radical (unpaired) electrons. The molecule has 1 aliphatic rings. The van der Waals surface area contributed by atoms with Gasteiger partial charge in [-0.3, -0.25) is 0 Å². The largest absolute Gasteiger partial charge is 0.396 e. The summed E-state index contributed by atoms with van der Waals surface area (Å²) in [6.45, 7) is 4.40. The van der Waals surface area contributed by atoms with Crippen LogP contribution in [0.15, 0.2) is 12.1 Å². The van der Waals surface area contributed by atoms with Crippen molar-refractivity contribution in [1.82, 2.24) is 9.99 Å². The van der Waals surface area contributed by atoms with Gasteiger partial charge in [-0.25, -0.2) is 9.99 Å². The number of nitrogens with one attached hydrogen (secondary N) is 1. The fourth-order valence-corrected chi connectivity index (χ4v) is 2.40. The normalized spacial score (nSPS) is 24.5. The van der Waals surface area contributed by atoms with E-state index in [4.69, 9.17) is 11.0 Å². The van der Waals surface area contributed by atoms with E-state index in [1.807, 2.05) is 12.1 Å². The summed E-state index contributed by atoms with van der Waals surface area (Å²) in [7, 11) is 0. The Hall–Kier alpha value is -1.80. The molecule has 5 nitrogen and oxygen atoms in total. The summed E-state index contributed by atoms with van der Waals surface area (Å²) >= 11 is 0. The van der Waals surface area contributed by atoms with Crippen LogP contribution in [0.3, 0.4) is 0 Å². The highest BCUT2D eigenvalue weighted by Crippen LogP contribution is 2.23. The van der Waals surface area contributed by atoms with Crippen LogP contribution < -0.4 is 11.2 Å². The maximum absolute atomic E-state index is 8.92. The number of nitriles is 1. The Morgan fingerprint density at radius 1 is 1.39 bits per heavy atom. The molecule has 5 heteroatoms. The predicted molar refractivity (Wildman–Crippen MR) is 71.6 cm³/mol. The highest BCUT2D eigenvalue weighted by atomic mass is 15.5. The minimum absolute atomic E-state index is 0.275. The summed E-state index contributed by atoms with van der Waals surface area (Å²) in [5, 5.41) is 11.1. The zero-order valence-corrected chi connectivity index (χ0v) is 10.8. The Morgan fingerprint density at radius 2 is 2.06 bits per heavy atom. The third-order valence-corrected chi connectivity index (χ3v) is 3.47. The van der Waals surface area contributed by atoms with Crippen LogP contribution >= 0.6 is 0 Å². The van der Waals surface area contributed by atoms with Crippen LogP contribution in [0.1, 0.15) is 38.8 Å². The molecule has 96 valence electrons. The molecule has 0 aliphatic carbocycles. The van der Waals surface area contributed by atoms with Gasteiger partial charge in [-0.1, -0.05) is 6.42 Å². The second-order valence-corrected chi connectivity index (χ2v) is 4.89. The number of hydrogen-bond acceptors (Lipinski definition) is 5. The number of aromatic nitrogens is 1. The number of pyridine rings is 1. The van der Waals surface area contributed by atoms with Crippen LogP contribution in [-0.4, -0.2) is 22.1 Å². The summed E-state index contributed by atoms with van der Waals surface area (Å²) in [6.07, 6.45) is 3.62. The van der Waals surface area contributed by atoms with Crippen molar-refractivity contribution in [1.29, 1.82) is 5.26 Å². The van der Waals surface area contributed by atoms with Crippen LogP contribution in [0.2, 0.25) is 0 Å². The zero-order valence-electron chi connectivity index (χ0n) is 10.8. The van der Waals surface area contributed by atoms with Gasteiger partial charge in [0.05, 0.1) is 5.69 Å². The molecule has 0 spiro atoms. The molecule has 0 bridgehead atoms. The predicted octanol–water partition coefficient (Wildman–Crippen LogP) is 2.13. The minimum atomic E-state index is 0.275. The van der Waals surface area contributed by atoms with Gasteiger partial charge < -0.3 is 11.2 Å². The van der Waals surface area contributed by atoms with Crippen molar-refractivity contribution >= 4 is 11.5 Å². The van der Waals surface area contributed by atoms with Gasteiger partial charge in [0.2, 0.25) is 0 Å². The van der Waals surface area contributed by atoms with Crippen LogP contribution in [-0.2, 0) is 0 Å². The number of rotatable bonds is 2. The first-order valence-corrected chi connectivity index (χ1v) is 6.33. The van der Waals surface area contributed by atoms with Crippen molar-refractivity contribution in [3.05, 3.63) is 17.8 Å². The molecule has 0 saturated carbocycles. The SMILES string of the molecule is CC1CCCC(C)N1Nc1ccc(N)c(C#N)n1. The fraction of sp³-hybridized carbons (Fsp3) is 0.538. The minimum Gasteiger partial charge on any atom is -0.396 e. The van der Waals surface area contributed by atoms with Crippen molar-refractivity contribution < 1.29 is 0 Å². The van der Waals surface area contributed by atoms with Crippen molar-refractivity contribution in [3.63, 3.8) is 0 Å². The first-order chi connectivity index (χ1) is 8.61. The van der Waals surface area contributed by atoms with Gasteiger partial charge in [-0.2, -0.15) is 5.26 Å². The van der Waals surface area contributed by atoms with E-state index >= 15 is 0 Å². The van der Waals surface area contributed by atoms with E-state index in [0.29, 0.717) is 23.6 Å². The first kappa shape index (κ1) is 12.7. The number of nitrogen functional groups attached to an aromatic ring is 1. The van der Waals surface area contributed by atoms with E-state index in [1.165, 1.54) is 19.3 Å². The molecule has 1 saturated heterocycles. The van der Waals surface area contributed by atoms with Crippen molar-refractivity contribution in [2.24, 2.45) is 0 Å². The molecule has 2 unspecified atom stereocenters. The second kappa shape index (κ2) is 5.23. The Labute approximate surface area is 108 Å². The molecule has 0 amide bonds. The Morgan fingerprint density at radius 3 is 2.67 bits per heavy atom. The summed E-state index contributed by atoms with van der Waals surface area (Å²) < 4.78 is 0. The van der Waals surface area contributed by atoms with Gasteiger partial charge in [0, 0.05) is 12.1 Å². The second-order valence-electron chi connectivity index (χ2n) is 4.89. The zero-order chi connectivity index (χ0) is 13.1. The lowest BCUT2D eigenvalue weighted by Gasteiger charge is -2.39. The molecule has 1 aliphatic heterocycles. The number of hydrogen-bond donors (Lipinski definition) is 2. The van der Waals surface area contributed by atoms with Gasteiger partial charge >= 0.3 is 0 Å². The summed E-state index contributed by atoms with van der Waals surface area (Å²) in [5.74, 6) is 0.682. The van der Waals surface area contributed by atoms with Crippen molar-refractivity contribution in [2.75, 3.05) is 11.2 Å². The fourth-order valence-electron chi connectivity index (χ4n) is 2.40. The number of piperidine rings is 1. The first-order valence-electron chi connectivity index (χ1n) is 6.33.